The van der Waals surface area contributed by atoms with Crippen molar-refractivity contribution in [1.29, 1.82) is 0 Å². The molecule has 18 aromatic rings. The molecular weight excluding hydrogens is 1900 g/mol. The van der Waals surface area contributed by atoms with Crippen molar-refractivity contribution in [2.24, 2.45) is 64.4 Å². The number of carbonyl (C=O) groups is 1. The molecule has 0 fully saturated rings. The van der Waals surface area contributed by atoms with E-state index in [9.17, 15) is 9.18 Å². The zero-order valence-electron chi connectivity index (χ0n) is 75.5. The fraction of sp³-hybridized carbons (Fsp3) is 0.0804. The number of carbonyl (C=O) groups excluding carboxylic acids is 1. The maximum absolute atomic E-state index is 13.2. The number of aryl methyl sites for hydroxylation is 1. The number of esters is 1. The molecule has 0 saturated heterocycles. The Labute approximate surface area is 835 Å². The molecule has 6 aliphatic heterocycles. The lowest BCUT2D eigenvalue weighted by Gasteiger charge is -2.18. The fourth-order valence-corrected chi connectivity index (χ4v) is 20.0. The van der Waals surface area contributed by atoms with Crippen molar-refractivity contribution < 1.29 is 13.9 Å². The largest absolute Gasteiger partial charge is 0.465 e. The summed E-state index contributed by atoms with van der Waals surface area (Å²) in [7, 11) is 1.36. The van der Waals surface area contributed by atoms with E-state index in [1.807, 2.05) is 99.3 Å². The summed E-state index contributed by atoms with van der Waals surface area (Å²) in [5.74, 6) is 2.02. The van der Waals surface area contributed by atoms with E-state index in [0.717, 1.165) is 68.6 Å². The second-order valence-corrected chi connectivity index (χ2v) is 36.8. The minimum atomic E-state index is -0.394. The lowest BCUT2D eigenvalue weighted by atomic mass is 10.1. The maximum atomic E-state index is 13.2. The molecule has 27 heteroatoms. The van der Waals surface area contributed by atoms with Crippen molar-refractivity contribution in [2.45, 2.75) is 51.1 Å². The molecule has 0 saturated carbocycles. The average molecular weight is 1990 g/mol. The minimum Gasteiger partial charge on any atom is -0.465 e. The lowest BCUT2D eigenvalue weighted by Crippen LogP contribution is -2.34. The quantitative estimate of drug-likeness (QED) is 0.0357. The van der Waals surface area contributed by atoms with Gasteiger partial charge in [-0.05, 0) is 224 Å². The zero-order valence-corrected chi connectivity index (χ0v) is 80.9. The van der Waals surface area contributed by atoms with Gasteiger partial charge in [0.05, 0.1) is 135 Å². The van der Waals surface area contributed by atoms with E-state index in [0.29, 0.717) is 110 Å². The van der Waals surface area contributed by atoms with E-state index >= 15 is 0 Å². The first-order valence-corrected chi connectivity index (χ1v) is 48.1. The number of nitrogens with two attached hydrogens (primary N) is 6. The van der Waals surface area contributed by atoms with Crippen molar-refractivity contribution >= 4 is 249 Å². The summed E-state index contributed by atoms with van der Waals surface area (Å²) < 4.78 is 19.0. The molecular formula is C112H90BrCl4FN18O2S. The van der Waals surface area contributed by atoms with E-state index < -0.39 is 5.97 Å². The number of halogens is 6. The molecule has 0 radical (unpaired) electrons. The van der Waals surface area contributed by atoms with Gasteiger partial charge in [0.1, 0.15) is 5.82 Å². The van der Waals surface area contributed by atoms with E-state index in [2.05, 4.69) is 262 Å². The molecule has 24 rings (SSSR count). The Hall–Kier alpha value is -15.5. The van der Waals surface area contributed by atoms with E-state index in [1.54, 1.807) is 72.4 Å². The SMILES string of the molecule is COC(=O)c1cccc(N=C(N)N2Cc3cccc4cccc2c34)c1.CSc1cccc(N=C(N)N2Cc3cccc4cccc2c34)c1.Cc1cc(F)ccc1N=C(N)N1Cc2cccc3cccc1c23.NC(=Nc1ccc(Cl)cc1Cl)N1Cc2cccc3cccc1c23.NC(=Nc1cccc(Br)c1)N1Cc2cccc3cccc1c23.NC(=Nc1cccc(Cl)c1Cl)N1Cc2cccc3cccc1c23. The average Bonchev–Trinajstić information content (AvgIpc) is 1.63. The molecule has 688 valence electrons. The number of anilines is 6. The van der Waals surface area contributed by atoms with Crippen LogP contribution in [-0.2, 0) is 44.0 Å². The summed E-state index contributed by atoms with van der Waals surface area (Å²) in [6, 6.07) is 113. The third kappa shape index (κ3) is 19.4. The van der Waals surface area contributed by atoms with Crippen LogP contribution in [0.25, 0.3) is 64.6 Å². The third-order valence-corrected chi connectivity index (χ3v) is 27.3. The molecule has 12 N–H and O–H groups in total. The lowest BCUT2D eigenvalue weighted by molar-refractivity contribution is 0.0600. The molecule has 6 heterocycles. The number of hydrogen-bond acceptors (Lipinski definition) is 9. The number of hydrogen-bond donors (Lipinski definition) is 6. The van der Waals surface area contributed by atoms with Crippen LogP contribution in [0, 0.1) is 12.7 Å². The molecule has 6 aliphatic rings. The first kappa shape index (κ1) is 92.6. The van der Waals surface area contributed by atoms with Crippen LogP contribution in [0.15, 0.2) is 385 Å². The Balaban J connectivity index is 0.000000106. The summed E-state index contributed by atoms with van der Waals surface area (Å²) in [5.41, 5.74) is 57.2. The van der Waals surface area contributed by atoms with Gasteiger partial charge in [-0.2, -0.15) is 0 Å². The summed E-state index contributed by atoms with van der Waals surface area (Å²) in [4.78, 5) is 52.2. The van der Waals surface area contributed by atoms with Crippen LogP contribution in [0.2, 0.25) is 20.1 Å². The molecule has 18 aromatic carbocycles. The van der Waals surface area contributed by atoms with Crippen LogP contribution in [0.3, 0.4) is 0 Å². The van der Waals surface area contributed by atoms with Crippen molar-refractivity contribution in [2.75, 3.05) is 42.8 Å². The monoisotopic (exact) mass is 1990 g/mol. The Morgan fingerprint density at radius 1 is 0.331 bits per heavy atom. The van der Waals surface area contributed by atoms with E-state index in [1.165, 1.54) is 122 Å². The summed E-state index contributed by atoms with van der Waals surface area (Å²) in [5, 5.41) is 16.7. The number of thioether (sulfide) groups is 1. The van der Waals surface area contributed by atoms with Crippen molar-refractivity contribution in [1.82, 2.24) is 0 Å². The van der Waals surface area contributed by atoms with Crippen molar-refractivity contribution in [3.05, 3.63) is 421 Å². The summed E-state index contributed by atoms with van der Waals surface area (Å²) in [6.07, 6.45) is 2.06. The van der Waals surface area contributed by atoms with Crippen molar-refractivity contribution in [3.63, 3.8) is 0 Å². The van der Waals surface area contributed by atoms with Gasteiger partial charge in [-0.1, -0.05) is 269 Å². The number of methoxy groups -OCH3 is 1. The molecule has 0 aromatic heterocycles. The van der Waals surface area contributed by atoms with Gasteiger partial charge in [-0.15, -0.1) is 11.8 Å². The first-order valence-electron chi connectivity index (χ1n) is 44.5. The number of nitrogens with zero attached hydrogens (tertiary/aromatic N) is 12. The van der Waals surface area contributed by atoms with Gasteiger partial charge in [-0.25, -0.2) is 39.1 Å². The van der Waals surface area contributed by atoms with Crippen LogP contribution in [-0.4, -0.2) is 55.1 Å². The second kappa shape index (κ2) is 40.4. The zero-order chi connectivity index (χ0) is 96.2. The Morgan fingerprint density at radius 3 is 0.993 bits per heavy atom. The van der Waals surface area contributed by atoms with Crippen LogP contribution in [0.1, 0.15) is 49.3 Å². The normalized spacial score (nSPS) is 13.7. The van der Waals surface area contributed by atoms with Crippen LogP contribution in [0.4, 0.5) is 72.6 Å². The molecule has 0 unspecified atom stereocenters. The summed E-state index contributed by atoms with van der Waals surface area (Å²) in [6.45, 7) is 6.15. The molecule has 0 spiro atoms. The molecule has 0 atom stereocenters. The molecule has 139 heavy (non-hydrogen) atoms. The minimum absolute atomic E-state index is 0.265. The highest BCUT2D eigenvalue weighted by Gasteiger charge is 2.31. The number of ether oxygens (including phenoxy) is 1. The molecule has 0 amide bonds. The highest BCUT2D eigenvalue weighted by atomic mass is 79.9. The first-order chi connectivity index (χ1) is 67.6. The third-order valence-electron chi connectivity index (χ3n) is 24.8. The predicted octanol–water partition coefficient (Wildman–Crippen LogP) is 27.2. The van der Waals surface area contributed by atoms with Gasteiger partial charge in [0.25, 0.3) is 0 Å². The second-order valence-electron chi connectivity index (χ2n) is 33.4. The van der Waals surface area contributed by atoms with Crippen LogP contribution >= 0.6 is 74.1 Å². The maximum Gasteiger partial charge on any atom is 0.337 e. The Bertz CT molecular complexity index is 7930. The Kier molecular flexibility index (Phi) is 26.9. The van der Waals surface area contributed by atoms with Gasteiger partial charge in [0, 0.05) is 46.7 Å². The summed E-state index contributed by atoms with van der Waals surface area (Å²) >= 11 is 29.5. The van der Waals surface area contributed by atoms with Gasteiger partial charge in [0.15, 0.2) is 0 Å². The van der Waals surface area contributed by atoms with Gasteiger partial charge >= 0.3 is 5.97 Å². The number of benzene rings is 18. The van der Waals surface area contributed by atoms with Crippen molar-refractivity contribution in [3.8, 4) is 0 Å². The topological polar surface area (TPSA) is 276 Å². The van der Waals surface area contributed by atoms with Crippen LogP contribution in [0.5, 0.6) is 0 Å². The fourth-order valence-electron chi connectivity index (χ4n) is 18.4. The molecule has 0 bridgehead atoms. The van der Waals surface area contributed by atoms with E-state index in [-0.39, 0.29) is 5.82 Å². The smallest absolute Gasteiger partial charge is 0.337 e. The van der Waals surface area contributed by atoms with Crippen LogP contribution < -0.4 is 63.8 Å². The Morgan fingerprint density at radius 2 is 0.640 bits per heavy atom. The van der Waals surface area contributed by atoms with E-state index in [4.69, 9.17) is 85.5 Å². The number of aliphatic imine (C=N–C) groups is 6. The highest BCUT2D eigenvalue weighted by molar-refractivity contribution is 9.10. The highest BCUT2D eigenvalue weighted by Crippen LogP contribution is 2.46. The number of rotatable bonds is 8. The predicted molar refractivity (Wildman–Crippen MR) is 583 cm³/mol. The van der Waals surface area contributed by atoms with Gasteiger partial charge < -0.3 is 68.5 Å². The van der Waals surface area contributed by atoms with Gasteiger partial charge in [-0.3, -0.25) is 0 Å². The number of guanidine groups is 6. The molecule has 0 aliphatic carbocycles. The molecule has 20 nitrogen and oxygen atoms in total. The van der Waals surface area contributed by atoms with Gasteiger partial charge in [0.2, 0.25) is 35.8 Å². The standard InChI is InChI=1S/C20H17N3O2.C19H16FN3.C19H17N3S.C18H14BrN3.2C18H13Cl2N3/c1-25-19(24)14-7-3-9-16(11-14)22-20(21)23-12-15-8-2-5-13-6-4-10-17(23)18(13)15;1-12-10-15(20)8-9-16(12)22-19(21)23-11-14-6-2-4-13-5-3-7-17(23)18(13)14;1-23-16-9-4-8-15(11-16)21-19(20)22-12-14-7-2-5-13-6-3-10-17(22)18(13)14;19-14-7-3-8-15(10-14)21-18(20)22-11-13-6-1-4-12-5-2-9-16(22)17(12)13;19-13-7-3-8-14(17(13)20)22-18(21)23-10-12-6-1-4-11-5-2-9-15(23)16(11)12;19-13-7-8-15(14(20)9-13)22-18(21)23-10-12-5-1-3-11-4-2-6-16(23)17(11)12/h2-11H,12H2,1H3,(H2,21,22);2-10H,11H2,1H3,(H2,21,22);2-11H,12H2,1H3,(H2,20,21);1-10H,11H2,(H2,20,21);2*1-9H,10H2,(H2,21,22).